The molecule has 0 saturated heterocycles. The topological polar surface area (TPSA) is 13.1 Å². The van der Waals surface area contributed by atoms with E-state index in [-0.39, 0.29) is 22.3 Å². The number of benzene rings is 9. The van der Waals surface area contributed by atoms with Crippen molar-refractivity contribution in [2.45, 2.75) is 19.3 Å². The van der Waals surface area contributed by atoms with Gasteiger partial charge in [0.05, 0.1) is 38.4 Å². The van der Waals surface area contributed by atoms with E-state index >= 15 is 0 Å². The highest BCUT2D eigenvalue weighted by atomic mass is 16.3. The van der Waals surface area contributed by atoms with Gasteiger partial charge in [0.15, 0.2) is 0 Å². The number of fused-ring (bicyclic) bond motifs is 9. The van der Waals surface area contributed by atoms with Crippen molar-refractivity contribution in [2.24, 2.45) is 0 Å². The molecule has 1 aliphatic carbocycles. The van der Waals surface area contributed by atoms with Gasteiger partial charge in [0.2, 0.25) is 0 Å². The summed E-state index contributed by atoms with van der Waals surface area (Å²) >= 11 is 0. The first-order valence-electron chi connectivity index (χ1n) is 29.9. The molecule has 1 aliphatic rings. The summed E-state index contributed by atoms with van der Waals surface area (Å²) in [6, 6.07) is -23.9. The molecule has 11 rings (SSSR count). The third-order valence-electron chi connectivity index (χ3n) is 9.45. The van der Waals surface area contributed by atoms with Gasteiger partial charge in [0.1, 0.15) is 11.2 Å². The molecule has 0 bridgehead atoms. The average molecular weight is 691 g/mol. The summed E-state index contributed by atoms with van der Waals surface area (Å²) in [5.41, 5.74) is -7.50. The second-order valence-electron chi connectivity index (χ2n) is 12.6. The summed E-state index contributed by atoms with van der Waals surface area (Å²) in [6.45, 7) is 3.08. The van der Waals surface area contributed by atoms with Crippen LogP contribution in [0.2, 0.25) is 0 Å². The molecule has 0 fully saturated rings. The largest absolute Gasteiger partial charge is 0.456 e. The first kappa shape index (κ1) is 13.0. The predicted molar refractivity (Wildman–Crippen MR) is 220 cm³/mol. The molecule has 1 heterocycles. The molecule has 0 spiro atoms. The summed E-state index contributed by atoms with van der Waals surface area (Å²) in [5.74, 6) is 0. The monoisotopic (exact) mass is 690 g/mol. The minimum atomic E-state index is -1.40. The maximum atomic E-state index is 9.72. The number of hydrogen-bond acceptors (Lipinski definition) is 1. The summed E-state index contributed by atoms with van der Waals surface area (Å²) in [7, 11) is 0. The lowest BCUT2D eigenvalue weighted by Gasteiger charge is -2.21. The normalized spacial score (nSPS) is 20.9. The van der Waals surface area contributed by atoms with E-state index in [9.17, 15) is 19.2 Å². The number of rotatable bonds is 3. The van der Waals surface area contributed by atoms with Crippen LogP contribution in [0.1, 0.15) is 63.4 Å². The summed E-state index contributed by atoms with van der Waals surface area (Å²) in [4.78, 5) is 0. The van der Waals surface area contributed by atoms with Crippen LogP contribution in [0.25, 0.3) is 98.8 Å². The quantitative estimate of drug-likeness (QED) is 0.168. The van der Waals surface area contributed by atoms with Gasteiger partial charge in [-0.25, -0.2) is 0 Å². The first-order chi connectivity index (χ1) is 37.2. The summed E-state index contributed by atoms with van der Waals surface area (Å²) in [5, 5.41) is -4.96. The molecule has 52 heavy (non-hydrogen) atoms. The predicted octanol–water partition coefficient (Wildman–Crippen LogP) is 14.4. The number of furan rings is 1. The van der Waals surface area contributed by atoms with Crippen molar-refractivity contribution in [3.8, 4) is 44.5 Å². The van der Waals surface area contributed by atoms with Gasteiger partial charge in [-0.2, -0.15) is 0 Å². The molecular weight excluding hydrogens is 629 g/mol. The van der Waals surface area contributed by atoms with E-state index in [1.54, 1.807) is 0 Å². The fourth-order valence-corrected chi connectivity index (χ4v) is 7.07. The summed E-state index contributed by atoms with van der Waals surface area (Å²) < 4.78 is 262. The lowest BCUT2D eigenvalue weighted by atomic mass is 9.82. The van der Waals surface area contributed by atoms with Crippen molar-refractivity contribution in [3.63, 3.8) is 0 Å². The molecule has 0 aliphatic heterocycles. The second kappa shape index (κ2) is 10.8. The van der Waals surface area contributed by atoms with E-state index in [2.05, 4.69) is 0 Å². The van der Waals surface area contributed by atoms with E-state index in [4.69, 9.17) is 23.6 Å². The molecule has 0 unspecified atom stereocenters. The zero-order valence-corrected chi connectivity index (χ0v) is 26.9. The third-order valence-corrected chi connectivity index (χ3v) is 9.45. The zero-order valence-electron chi connectivity index (χ0n) is 54.9. The van der Waals surface area contributed by atoms with E-state index in [1.807, 2.05) is 0 Å². The molecule has 10 aromatic rings. The van der Waals surface area contributed by atoms with Crippen LogP contribution in [0.3, 0.4) is 0 Å². The minimum absolute atomic E-state index is 0.00251. The Morgan fingerprint density at radius 3 is 1.69 bits per heavy atom. The van der Waals surface area contributed by atoms with Crippen LogP contribution in [0.15, 0.2) is 174 Å². The lowest BCUT2D eigenvalue weighted by Crippen LogP contribution is -2.14. The maximum absolute atomic E-state index is 9.72. The Morgan fingerprint density at radius 1 is 0.404 bits per heavy atom. The highest BCUT2D eigenvalue weighted by molar-refractivity contribution is 6.26. The molecule has 1 heteroatoms. The van der Waals surface area contributed by atoms with Gasteiger partial charge in [-0.15, -0.1) is 0 Å². The Bertz CT molecular complexity index is 4600. The van der Waals surface area contributed by atoms with Crippen molar-refractivity contribution in [1.29, 1.82) is 0 Å². The smallest absolute Gasteiger partial charge is 0.136 e. The van der Waals surface area contributed by atoms with Crippen molar-refractivity contribution in [2.75, 3.05) is 0 Å². The van der Waals surface area contributed by atoms with Crippen LogP contribution < -0.4 is 0 Å². The van der Waals surface area contributed by atoms with Crippen LogP contribution in [0, 0.1) is 0 Å². The Balaban J connectivity index is 1.36. The van der Waals surface area contributed by atoms with E-state index in [0.717, 1.165) is 0 Å². The van der Waals surface area contributed by atoms with Crippen LogP contribution in [-0.4, -0.2) is 0 Å². The minimum Gasteiger partial charge on any atom is -0.456 e. The fourth-order valence-electron chi connectivity index (χ4n) is 7.07. The number of hydrogen-bond donors (Lipinski definition) is 0. The average Bonchev–Trinajstić information content (AvgIpc) is 4.03. The van der Waals surface area contributed by atoms with Gasteiger partial charge in [-0.05, 0) is 112 Å². The van der Waals surface area contributed by atoms with Gasteiger partial charge < -0.3 is 4.42 Å². The van der Waals surface area contributed by atoms with Crippen LogP contribution >= 0.6 is 0 Å². The standard InChI is InChI=1S/C51H34O/c1-51(2)44-20-10-9-14-36(44)42-28-35(26-27-45(42)51)31-22-24-32(25-23-31)48-37-15-5-7-17-39(37)49(40-18-8-6-16-38(40)48)41-19-11-21-46-50(41)43-29-33-12-3-4-13-34(33)30-47(43)52-46/h3-30H,1-2H3/i3D,4D,5D,6D,7D,8D,9D,10D,11D,12D,13D,14D,15D,16D,17D,18D,19D,20D,21D,22D,23D,24D,25D,26D,27D,28D,29D,30D. The Labute approximate surface area is 341 Å². The Kier molecular flexibility index (Phi) is 2.69. The Morgan fingerprint density at radius 2 is 0.962 bits per heavy atom. The zero-order chi connectivity index (χ0) is 58.9. The first-order valence-corrected chi connectivity index (χ1v) is 15.9. The molecule has 9 aromatic carbocycles. The van der Waals surface area contributed by atoms with E-state index < -0.39 is 262 Å². The maximum Gasteiger partial charge on any atom is 0.136 e. The van der Waals surface area contributed by atoms with Gasteiger partial charge >= 0.3 is 0 Å². The highest BCUT2D eigenvalue weighted by Crippen LogP contribution is 2.50. The van der Waals surface area contributed by atoms with Gasteiger partial charge in [0, 0.05) is 16.2 Å². The third kappa shape index (κ3) is 4.11. The van der Waals surface area contributed by atoms with Gasteiger partial charge in [-0.3, -0.25) is 0 Å². The van der Waals surface area contributed by atoms with Crippen LogP contribution in [0.5, 0.6) is 0 Å². The molecule has 0 N–H and O–H groups in total. The van der Waals surface area contributed by atoms with Crippen molar-refractivity contribution < 1.29 is 42.8 Å². The molecular formula is C51H34O. The van der Waals surface area contributed by atoms with E-state index in [1.165, 1.54) is 13.8 Å². The van der Waals surface area contributed by atoms with Gasteiger partial charge in [-0.1, -0.05) is 159 Å². The van der Waals surface area contributed by atoms with E-state index in [0.29, 0.717) is 0 Å². The molecule has 244 valence electrons. The molecule has 0 amide bonds. The summed E-state index contributed by atoms with van der Waals surface area (Å²) in [6.07, 6.45) is 0. The molecule has 0 radical (unpaired) electrons. The van der Waals surface area contributed by atoms with Crippen molar-refractivity contribution in [3.05, 3.63) is 180 Å². The molecule has 1 aromatic heterocycles. The Hall–Kier alpha value is -6.44. The lowest BCUT2D eigenvalue weighted by molar-refractivity contribution is 0.660. The van der Waals surface area contributed by atoms with Crippen molar-refractivity contribution >= 4 is 54.3 Å². The van der Waals surface area contributed by atoms with Crippen LogP contribution in [-0.2, 0) is 5.41 Å². The molecule has 0 saturated carbocycles. The second-order valence-corrected chi connectivity index (χ2v) is 12.6. The molecule has 1 nitrogen and oxygen atoms in total. The van der Waals surface area contributed by atoms with Gasteiger partial charge in [0.25, 0.3) is 0 Å². The van der Waals surface area contributed by atoms with Crippen molar-refractivity contribution in [1.82, 2.24) is 0 Å². The SMILES string of the molecule is [2H]c1c([2H])c([2H])c2c(c1[2H])-c1c([2H])c(-c3c([2H])c([2H])c(-c4c5c([2H])c([2H])c([2H])c([2H])c5c(-c5c([2H])c([2H])c([2H])c6oc7c([2H])c8c([2H])c([2H])c([2H])c([2H])c8c([2H])c7c56)c5c([2H])c([2H])c([2H])c([2H])c45)c([2H])c3[2H])c([2H])c([2H])c1C2(C)C. The van der Waals surface area contributed by atoms with Crippen LogP contribution in [0.4, 0.5) is 0 Å². The molecule has 0 atom stereocenters. The highest BCUT2D eigenvalue weighted by Gasteiger charge is 2.35. The fraction of sp³-hybridized carbons (Fsp3) is 0.0588.